The van der Waals surface area contributed by atoms with Crippen LogP contribution in [0.3, 0.4) is 0 Å². The maximum absolute atomic E-state index is 11.9. The van der Waals surface area contributed by atoms with Crippen molar-refractivity contribution in [1.82, 2.24) is 0 Å². The lowest BCUT2D eigenvalue weighted by molar-refractivity contribution is -0.387. The highest BCUT2D eigenvalue weighted by Crippen LogP contribution is 2.58. The highest BCUT2D eigenvalue weighted by molar-refractivity contribution is 9.10. The molecule has 0 unspecified atom stereocenters. The summed E-state index contributed by atoms with van der Waals surface area (Å²) in [6, 6.07) is 19.6. The van der Waals surface area contributed by atoms with Gasteiger partial charge in [-0.1, -0.05) is 58.4 Å². The Hall–Kier alpha value is -2.55. The van der Waals surface area contributed by atoms with Gasteiger partial charge >= 0.3 is 0 Å². The molecule has 0 bridgehead atoms. The predicted octanol–water partition coefficient (Wildman–Crippen LogP) is 5.76. The zero-order chi connectivity index (χ0) is 24.0. The number of alkyl halides is 1. The summed E-state index contributed by atoms with van der Waals surface area (Å²) in [4.78, 5) is 23.6. The number of nitrogens with one attached hydrogen (secondary N) is 1. The first-order valence-corrected chi connectivity index (χ1v) is 12.9. The van der Waals surface area contributed by atoms with Crippen LogP contribution in [0.1, 0.15) is 39.9 Å². The number of nitrogens with zero attached hydrogens (tertiary/aromatic N) is 1. The number of hydrogen-bond donors (Lipinski definition) is 1. The summed E-state index contributed by atoms with van der Waals surface area (Å²) in [6.45, 7) is 0. The number of hydrogen-bond acceptors (Lipinski definition) is 6. The van der Waals surface area contributed by atoms with Crippen molar-refractivity contribution in [3.8, 4) is 0 Å². The van der Waals surface area contributed by atoms with E-state index in [4.69, 9.17) is 11.6 Å². The van der Waals surface area contributed by atoms with Crippen LogP contribution in [0, 0.1) is 16.0 Å². The minimum Gasteiger partial charge on any atom is -0.545 e. The Morgan fingerprint density at radius 3 is 2.62 bits per heavy atom. The maximum Gasteiger partial charge on any atom is 0.282 e. The molecular weight excluding hydrogens is 540 g/mol. The number of aromatic carboxylic acids is 1. The van der Waals surface area contributed by atoms with Gasteiger partial charge in [-0.3, -0.25) is 10.1 Å². The Balaban J connectivity index is 1.58. The number of halogens is 2. The van der Waals surface area contributed by atoms with Crippen molar-refractivity contribution in [2.75, 3.05) is 5.32 Å². The molecule has 1 heterocycles. The minimum absolute atomic E-state index is 0.0625. The first kappa shape index (κ1) is 23.2. The predicted molar refractivity (Wildman–Crippen MR) is 135 cm³/mol. The maximum atomic E-state index is 11.9. The van der Waals surface area contributed by atoms with Crippen molar-refractivity contribution >= 4 is 56.6 Å². The smallest absolute Gasteiger partial charge is 0.282 e. The first-order valence-electron chi connectivity index (χ1n) is 10.8. The van der Waals surface area contributed by atoms with Crippen molar-refractivity contribution in [3.63, 3.8) is 0 Å². The fourth-order valence-electron chi connectivity index (χ4n) is 5.21. The summed E-state index contributed by atoms with van der Waals surface area (Å²) in [5.74, 6) is -1.30. The number of nitro groups is 1. The molecule has 0 aromatic heterocycles. The number of thioether (sulfide) groups is 1. The van der Waals surface area contributed by atoms with Crippen LogP contribution in [0.4, 0.5) is 11.4 Å². The van der Waals surface area contributed by atoms with Crippen LogP contribution in [0.5, 0.6) is 0 Å². The highest BCUT2D eigenvalue weighted by Gasteiger charge is 2.50. The van der Waals surface area contributed by atoms with Crippen molar-refractivity contribution in [2.45, 2.75) is 33.9 Å². The molecule has 1 aliphatic heterocycles. The van der Waals surface area contributed by atoms with Gasteiger partial charge in [0.15, 0.2) is 0 Å². The van der Waals surface area contributed by atoms with Crippen molar-refractivity contribution in [1.29, 1.82) is 0 Å². The molecule has 0 saturated heterocycles. The molecule has 3 aromatic carbocycles. The van der Waals surface area contributed by atoms with Gasteiger partial charge in [0.2, 0.25) is 0 Å². The molecule has 5 atom stereocenters. The van der Waals surface area contributed by atoms with Gasteiger partial charge in [-0.2, -0.15) is 0 Å². The summed E-state index contributed by atoms with van der Waals surface area (Å²) in [6.07, 6.45) is 0.717. The lowest BCUT2D eigenvalue weighted by atomic mass is 9.76. The molecule has 0 spiro atoms. The fourth-order valence-corrected chi connectivity index (χ4v) is 7.58. The van der Waals surface area contributed by atoms with Crippen LogP contribution in [0.15, 0.2) is 76.1 Å². The van der Waals surface area contributed by atoms with Gasteiger partial charge in [0.1, 0.15) is 0 Å². The number of carboxylic acids is 1. The molecule has 1 aliphatic carbocycles. The van der Waals surface area contributed by atoms with Crippen molar-refractivity contribution in [2.24, 2.45) is 5.92 Å². The number of carboxylic acid groups (broad SMARTS) is 1. The van der Waals surface area contributed by atoms with E-state index in [9.17, 15) is 20.0 Å². The Morgan fingerprint density at radius 2 is 1.88 bits per heavy atom. The van der Waals surface area contributed by atoms with E-state index in [1.807, 2.05) is 30.3 Å². The Kier molecular flexibility index (Phi) is 6.31. The van der Waals surface area contributed by atoms with Gasteiger partial charge in [-0.15, -0.1) is 23.4 Å². The lowest BCUT2D eigenvalue weighted by Gasteiger charge is -2.39. The zero-order valence-corrected chi connectivity index (χ0v) is 20.8. The Bertz CT molecular complexity index is 1290. The Labute approximate surface area is 214 Å². The number of para-hydroxylation sites is 2. The fraction of sp³-hybridized carbons (Fsp3) is 0.240. The van der Waals surface area contributed by atoms with E-state index in [2.05, 4.69) is 21.2 Å². The van der Waals surface area contributed by atoms with Crippen LogP contribution in [0.25, 0.3) is 0 Å². The molecule has 5 rings (SSSR count). The summed E-state index contributed by atoms with van der Waals surface area (Å²) in [5.41, 5.74) is 2.57. The molecule has 3 aromatic rings. The summed E-state index contributed by atoms with van der Waals surface area (Å²) in [5, 5.41) is 26.5. The van der Waals surface area contributed by atoms with Crippen LogP contribution < -0.4 is 10.4 Å². The van der Waals surface area contributed by atoms with E-state index < -0.39 is 5.97 Å². The van der Waals surface area contributed by atoms with Crippen molar-refractivity contribution in [3.05, 3.63) is 98.0 Å². The molecule has 0 amide bonds. The van der Waals surface area contributed by atoms with Crippen LogP contribution in [-0.4, -0.2) is 21.5 Å². The van der Waals surface area contributed by atoms with Crippen LogP contribution in [-0.2, 0) is 0 Å². The average Bonchev–Trinajstić information content (AvgIpc) is 3.14. The number of carbonyl (C=O) groups is 1. The minimum atomic E-state index is -1.24. The number of benzene rings is 3. The molecule has 9 heteroatoms. The molecular formula is C25H19BrClN2O4S-. The second kappa shape index (κ2) is 9.24. The van der Waals surface area contributed by atoms with E-state index in [1.165, 1.54) is 23.9 Å². The van der Waals surface area contributed by atoms with Gasteiger partial charge in [0.25, 0.3) is 5.69 Å². The largest absolute Gasteiger partial charge is 0.545 e. The summed E-state index contributed by atoms with van der Waals surface area (Å²) < 4.78 is 0.925. The number of fused-ring (bicyclic) bond motifs is 3. The van der Waals surface area contributed by atoms with E-state index in [1.54, 1.807) is 24.3 Å². The molecule has 34 heavy (non-hydrogen) atoms. The third-order valence-corrected chi connectivity index (χ3v) is 9.22. The zero-order valence-electron chi connectivity index (χ0n) is 17.7. The van der Waals surface area contributed by atoms with Crippen molar-refractivity contribution < 1.29 is 14.8 Å². The van der Waals surface area contributed by atoms with Gasteiger partial charge in [0.05, 0.1) is 27.2 Å². The highest BCUT2D eigenvalue weighted by atomic mass is 79.9. The van der Waals surface area contributed by atoms with Gasteiger partial charge in [-0.05, 0) is 41.7 Å². The van der Waals surface area contributed by atoms with Gasteiger partial charge < -0.3 is 15.2 Å². The molecule has 6 nitrogen and oxygen atoms in total. The lowest BCUT2D eigenvalue weighted by Crippen LogP contribution is -2.33. The summed E-state index contributed by atoms with van der Waals surface area (Å²) >= 11 is 12.0. The van der Waals surface area contributed by atoms with Crippen LogP contribution >= 0.6 is 39.3 Å². The third-order valence-electron chi connectivity index (χ3n) is 6.62. The van der Waals surface area contributed by atoms with Gasteiger partial charge in [-0.25, -0.2) is 0 Å². The second-order valence-corrected chi connectivity index (χ2v) is 11.2. The molecule has 2 aliphatic rings. The molecule has 0 radical (unpaired) electrons. The first-order chi connectivity index (χ1) is 16.3. The number of rotatable bonds is 5. The Morgan fingerprint density at radius 1 is 1.12 bits per heavy atom. The summed E-state index contributed by atoms with van der Waals surface area (Å²) in [7, 11) is 0. The third kappa shape index (κ3) is 4.08. The SMILES string of the molecule is O=C([O-])c1cccc2c1N[C@@H](c1cccc(Br)c1)[C@@H]1C[C@@H](Sc3ccccc3[N+](=O)[O-])[C@@H](Cl)[C@@H]21. The molecule has 174 valence electrons. The van der Waals surface area contributed by atoms with E-state index in [-0.39, 0.29) is 44.7 Å². The van der Waals surface area contributed by atoms with Gasteiger partial charge in [0, 0.05) is 33.0 Å². The standard InChI is InChI=1S/C25H20BrClN2O4S/c26-14-6-3-5-13(11-14)23-17-12-20(34-19-10-2-1-9-18(19)29(32)33)22(27)21(17)15-7-4-8-16(25(30)31)24(15)28-23/h1-11,17,20-23,28H,12H2,(H,30,31)/p-1/t17-,20-,21+,22-,23+/m1/s1. The molecule has 1 fully saturated rings. The van der Waals surface area contributed by atoms with E-state index >= 15 is 0 Å². The van der Waals surface area contributed by atoms with E-state index in [0.29, 0.717) is 17.0 Å². The number of nitro benzene ring substituents is 1. The number of anilines is 1. The normalized spacial score (nSPS) is 25.2. The second-order valence-electron chi connectivity index (χ2n) is 8.49. The monoisotopic (exact) mass is 557 g/mol. The number of carbonyl (C=O) groups excluding carboxylic acids is 1. The molecule has 1 N–H and O–H groups in total. The van der Waals surface area contributed by atoms with E-state index in [0.717, 1.165) is 15.6 Å². The quantitative estimate of drug-likeness (QED) is 0.243. The van der Waals surface area contributed by atoms with Crippen LogP contribution in [0.2, 0.25) is 0 Å². The topological polar surface area (TPSA) is 95.3 Å². The average molecular weight is 559 g/mol. The molecule has 1 saturated carbocycles.